The van der Waals surface area contributed by atoms with E-state index in [2.05, 4.69) is 26.3 Å². The molecule has 6 heteroatoms. The van der Waals surface area contributed by atoms with Gasteiger partial charge in [0.2, 0.25) is 5.91 Å². The fourth-order valence-corrected chi connectivity index (χ4v) is 2.17. The largest absolute Gasteiger partial charge is 0.324 e. The molecule has 0 spiro atoms. The van der Waals surface area contributed by atoms with E-state index in [4.69, 9.17) is 11.6 Å². The van der Waals surface area contributed by atoms with Crippen LogP contribution in [0.15, 0.2) is 36.7 Å². The number of carbonyl (C=O) groups is 1. The topological polar surface area (TPSA) is 46.9 Å². The van der Waals surface area contributed by atoms with Crippen molar-refractivity contribution in [1.82, 2.24) is 9.78 Å². The lowest BCUT2D eigenvalue weighted by Crippen LogP contribution is -2.14. The summed E-state index contributed by atoms with van der Waals surface area (Å²) in [5.74, 6) is -0.0671. The molecule has 1 aromatic heterocycles. The van der Waals surface area contributed by atoms with Crippen molar-refractivity contribution in [2.24, 2.45) is 0 Å². The Kier molecular flexibility index (Phi) is 4.38. The maximum absolute atomic E-state index is 11.6. The molecule has 0 aliphatic carbocycles. The monoisotopic (exact) mass is 327 g/mol. The van der Waals surface area contributed by atoms with E-state index in [9.17, 15) is 4.79 Å². The zero-order valence-corrected chi connectivity index (χ0v) is 11.8. The Morgan fingerprint density at radius 1 is 1.44 bits per heavy atom. The smallest absolute Gasteiger partial charge is 0.225 e. The van der Waals surface area contributed by atoms with Gasteiger partial charge in [0.25, 0.3) is 0 Å². The van der Waals surface area contributed by atoms with E-state index in [0.29, 0.717) is 28.1 Å². The quantitative estimate of drug-likeness (QED) is 0.876. The van der Waals surface area contributed by atoms with Crippen LogP contribution >= 0.6 is 27.5 Å². The van der Waals surface area contributed by atoms with Crippen molar-refractivity contribution in [3.05, 3.63) is 41.7 Å². The molecule has 0 aliphatic heterocycles. The Balaban J connectivity index is 2.36. The normalized spacial score (nSPS) is 10.3. The fourth-order valence-electron chi connectivity index (χ4n) is 1.55. The molecule has 1 aromatic carbocycles. The first-order valence-corrected chi connectivity index (χ1v) is 6.86. The summed E-state index contributed by atoms with van der Waals surface area (Å²) in [7, 11) is 0. The van der Waals surface area contributed by atoms with Crippen molar-refractivity contribution in [2.45, 2.75) is 6.42 Å². The molecule has 0 bridgehead atoms. The van der Waals surface area contributed by atoms with Crippen LogP contribution in [0.1, 0.15) is 6.42 Å². The van der Waals surface area contributed by atoms with E-state index in [1.54, 1.807) is 41.3 Å². The molecule has 0 fully saturated rings. The van der Waals surface area contributed by atoms with Crippen LogP contribution in [0.3, 0.4) is 0 Å². The van der Waals surface area contributed by atoms with Gasteiger partial charge in [-0.2, -0.15) is 5.10 Å². The molecule has 1 N–H and O–H groups in total. The predicted molar refractivity (Wildman–Crippen MR) is 75.6 cm³/mol. The van der Waals surface area contributed by atoms with Crippen LogP contribution in [0, 0.1) is 0 Å². The zero-order valence-electron chi connectivity index (χ0n) is 9.44. The van der Waals surface area contributed by atoms with Gasteiger partial charge in [-0.05, 0) is 18.2 Å². The van der Waals surface area contributed by atoms with Crippen LogP contribution < -0.4 is 5.32 Å². The molecular formula is C12H11BrClN3O. The Morgan fingerprint density at radius 2 is 2.28 bits per heavy atom. The lowest BCUT2D eigenvalue weighted by atomic mass is 10.2. The highest BCUT2D eigenvalue weighted by atomic mass is 79.9. The molecule has 0 saturated heterocycles. The molecule has 0 aliphatic rings. The van der Waals surface area contributed by atoms with E-state index in [1.165, 1.54) is 0 Å². The second kappa shape index (κ2) is 6.02. The van der Waals surface area contributed by atoms with Crippen LogP contribution in [0.2, 0.25) is 5.02 Å². The molecule has 0 radical (unpaired) electrons. The average molecular weight is 329 g/mol. The standard InChI is InChI=1S/C12H11BrClN3O/c13-6-5-11(18)16-10-4-1-3-9(14)12(10)17-8-2-7-15-17/h1-4,7-8H,5-6H2,(H,16,18). The van der Waals surface area contributed by atoms with E-state index in [-0.39, 0.29) is 5.91 Å². The number of halogens is 2. The summed E-state index contributed by atoms with van der Waals surface area (Å²) in [5.41, 5.74) is 1.32. The lowest BCUT2D eigenvalue weighted by Gasteiger charge is -2.12. The Labute approximate surface area is 118 Å². The number of benzene rings is 1. The number of alkyl halides is 1. The van der Waals surface area contributed by atoms with Crippen molar-refractivity contribution < 1.29 is 4.79 Å². The van der Waals surface area contributed by atoms with E-state index >= 15 is 0 Å². The van der Waals surface area contributed by atoms with Gasteiger partial charge >= 0.3 is 0 Å². The van der Waals surface area contributed by atoms with Gasteiger partial charge in [-0.15, -0.1) is 0 Å². The molecule has 18 heavy (non-hydrogen) atoms. The van der Waals surface area contributed by atoms with Gasteiger partial charge in [-0.25, -0.2) is 4.68 Å². The van der Waals surface area contributed by atoms with Gasteiger partial charge in [0, 0.05) is 24.1 Å². The molecule has 1 heterocycles. The number of nitrogens with one attached hydrogen (secondary N) is 1. The van der Waals surface area contributed by atoms with Crippen LogP contribution in [0.4, 0.5) is 5.69 Å². The van der Waals surface area contributed by atoms with Crippen LogP contribution in [-0.4, -0.2) is 21.0 Å². The second-order valence-electron chi connectivity index (χ2n) is 3.57. The Hall–Kier alpha value is -1.33. The molecule has 94 valence electrons. The third-order valence-electron chi connectivity index (χ3n) is 2.32. The lowest BCUT2D eigenvalue weighted by molar-refractivity contribution is -0.115. The van der Waals surface area contributed by atoms with Crippen molar-refractivity contribution in [2.75, 3.05) is 10.6 Å². The van der Waals surface area contributed by atoms with Gasteiger partial charge in [0.1, 0.15) is 5.69 Å². The number of nitrogens with zero attached hydrogens (tertiary/aromatic N) is 2. The molecule has 0 unspecified atom stereocenters. The summed E-state index contributed by atoms with van der Waals surface area (Å²) in [6.07, 6.45) is 3.85. The van der Waals surface area contributed by atoms with Gasteiger partial charge in [0.05, 0.1) is 10.7 Å². The Bertz CT molecular complexity index is 542. The minimum atomic E-state index is -0.0671. The SMILES string of the molecule is O=C(CCBr)Nc1cccc(Cl)c1-n1cccn1. The van der Waals surface area contributed by atoms with Crippen molar-refractivity contribution in [3.63, 3.8) is 0 Å². The Morgan fingerprint density at radius 3 is 2.94 bits per heavy atom. The second-order valence-corrected chi connectivity index (χ2v) is 4.77. The minimum Gasteiger partial charge on any atom is -0.324 e. The van der Waals surface area contributed by atoms with E-state index in [1.807, 2.05) is 0 Å². The molecule has 1 amide bonds. The highest BCUT2D eigenvalue weighted by molar-refractivity contribution is 9.09. The summed E-state index contributed by atoms with van der Waals surface area (Å²) >= 11 is 9.39. The number of para-hydroxylation sites is 1. The number of anilines is 1. The van der Waals surface area contributed by atoms with Gasteiger partial charge in [-0.1, -0.05) is 33.6 Å². The van der Waals surface area contributed by atoms with Gasteiger partial charge in [-0.3, -0.25) is 4.79 Å². The van der Waals surface area contributed by atoms with Gasteiger partial charge < -0.3 is 5.32 Å². The minimum absolute atomic E-state index is 0.0671. The first-order valence-electron chi connectivity index (χ1n) is 5.36. The maximum atomic E-state index is 11.6. The van der Waals surface area contributed by atoms with Crippen molar-refractivity contribution in [1.29, 1.82) is 0 Å². The first kappa shape index (κ1) is 13.1. The predicted octanol–water partition coefficient (Wildman–Crippen LogP) is 3.25. The molecule has 2 aromatic rings. The third kappa shape index (κ3) is 2.91. The van der Waals surface area contributed by atoms with E-state index in [0.717, 1.165) is 0 Å². The van der Waals surface area contributed by atoms with Crippen molar-refractivity contribution in [3.8, 4) is 5.69 Å². The molecule has 0 saturated carbocycles. The fraction of sp³-hybridized carbons (Fsp3) is 0.167. The van der Waals surface area contributed by atoms with Gasteiger partial charge in [0.15, 0.2) is 0 Å². The van der Waals surface area contributed by atoms with Crippen LogP contribution in [0.25, 0.3) is 5.69 Å². The highest BCUT2D eigenvalue weighted by Gasteiger charge is 2.11. The molecule has 4 nitrogen and oxygen atoms in total. The molecular weight excluding hydrogens is 318 g/mol. The highest BCUT2D eigenvalue weighted by Crippen LogP contribution is 2.28. The molecule has 2 rings (SSSR count). The van der Waals surface area contributed by atoms with Crippen LogP contribution in [-0.2, 0) is 4.79 Å². The number of aromatic nitrogens is 2. The number of hydrogen-bond donors (Lipinski definition) is 1. The summed E-state index contributed by atoms with van der Waals surface area (Å²) in [6.45, 7) is 0. The average Bonchev–Trinajstić information content (AvgIpc) is 2.82. The molecule has 0 atom stereocenters. The maximum Gasteiger partial charge on any atom is 0.225 e. The summed E-state index contributed by atoms with van der Waals surface area (Å²) < 4.78 is 1.63. The van der Waals surface area contributed by atoms with Crippen LogP contribution in [0.5, 0.6) is 0 Å². The van der Waals surface area contributed by atoms with E-state index < -0.39 is 0 Å². The first-order chi connectivity index (χ1) is 8.72. The summed E-state index contributed by atoms with van der Waals surface area (Å²) in [4.78, 5) is 11.6. The number of amides is 1. The van der Waals surface area contributed by atoms with Crippen molar-refractivity contribution >= 4 is 39.1 Å². The third-order valence-corrected chi connectivity index (χ3v) is 3.02. The number of carbonyl (C=O) groups excluding carboxylic acids is 1. The zero-order chi connectivity index (χ0) is 13.0. The number of hydrogen-bond acceptors (Lipinski definition) is 2. The number of rotatable bonds is 4. The summed E-state index contributed by atoms with van der Waals surface area (Å²) in [6, 6.07) is 7.15. The summed E-state index contributed by atoms with van der Waals surface area (Å²) in [5, 5.41) is 8.12.